The summed E-state index contributed by atoms with van der Waals surface area (Å²) in [5, 5.41) is 17.7. The predicted molar refractivity (Wildman–Crippen MR) is 72.7 cm³/mol. The molecule has 100 valence electrons. The zero-order valence-electron chi connectivity index (χ0n) is 10.8. The van der Waals surface area contributed by atoms with E-state index in [0.29, 0.717) is 5.56 Å². The highest BCUT2D eigenvalue weighted by Crippen LogP contribution is 2.11. The van der Waals surface area contributed by atoms with Crippen LogP contribution in [-0.4, -0.2) is 15.6 Å². The fourth-order valence-electron chi connectivity index (χ4n) is 1.95. The number of aromatic carboxylic acids is 1. The Bertz CT molecular complexity index is 769. The largest absolute Gasteiger partial charge is 0.477 e. The number of aromatic nitrogens is 1. The molecule has 0 radical (unpaired) electrons. The van der Waals surface area contributed by atoms with Gasteiger partial charge in [-0.2, -0.15) is 5.26 Å². The number of hydrogen-bond acceptors (Lipinski definition) is 3. The molecule has 0 fully saturated rings. The second-order valence-electron chi connectivity index (χ2n) is 4.41. The van der Waals surface area contributed by atoms with Gasteiger partial charge in [0.2, 0.25) is 0 Å². The van der Waals surface area contributed by atoms with E-state index >= 15 is 0 Å². The highest BCUT2D eigenvalue weighted by molar-refractivity contribution is 5.86. The van der Waals surface area contributed by atoms with Crippen LogP contribution in [-0.2, 0) is 6.54 Å². The maximum absolute atomic E-state index is 12.0. The van der Waals surface area contributed by atoms with E-state index in [2.05, 4.69) is 0 Å². The lowest BCUT2D eigenvalue weighted by Crippen LogP contribution is -2.26. The molecule has 5 heteroatoms. The van der Waals surface area contributed by atoms with Crippen molar-refractivity contribution >= 4 is 5.97 Å². The molecule has 1 N–H and O–H groups in total. The number of aryl methyl sites for hydroxylation is 1. The smallest absolute Gasteiger partial charge is 0.341 e. The van der Waals surface area contributed by atoms with Crippen LogP contribution in [0.2, 0.25) is 0 Å². The van der Waals surface area contributed by atoms with Gasteiger partial charge in [0.15, 0.2) is 0 Å². The fraction of sp³-hybridized carbons (Fsp3) is 0.133. The Labute approximate surface area is 115 Å². The summed E-state index contributed by atoms with van der Waals surface area (Å²) in [6.07, 6.45) is 1.55. The zero-order valence-corrected chi connectivity index (χ0v) is 10.8. The number of carboxylic acid groups (broad SMARTS) is 1. The summed E-state index contributed by atoms with van der Waals surface area (Å²) in [5.74, 6) is -1.24. The van der Waals surface area contributed by atoms with Crippen molar-refractivity contribution in [2.24, 2.45) is 0 Å². The Kier molecular flexibility index (Phi) is 3.67. The minimum absolute atomic E-state index is 0.251. The minimum Gasteiger partial charge on any atom is -0.477 e. The molecule has 0 spiro atoms. The number of carboxylic acids is 1. The lowest BCUT2D eigenvalue weighted by molar-refractivity contribution is 0.0694. The first-order chi connectivity index (χ1) is 9.52. The number of rotatable bonds is 3. The second kappa shape index (κ2) is 5.41. The summed E-state index contributed by atoms with van der Waals surface area (Å²) in [7, 11) is 0. The Morgan fingerprint density at radius 3 is 2.75 bits per heavy atom. The molecule has 5 nitrogen and oxygen atoms in total. The van der Waals surface area contributed by atoms with E-state index in [-0.39, 0.29) is 12.1 Å². The van der Waals surface area contributed by atoms with Crippen LogP contribution < -0.4 is 5.56 Å². The lowest BCUT2D eigenvalue weighted by atomic mass is 10.1. The van der Waals surface area contributed by atoms with Crippen molar-refractivity contribution in [1.82, 2.24) is 4.57 Å². The molecule has 20 heavy (non-hydrogen) atoms. The molecule has 1 heterocycles. The topological polar surface area (TPSA) is 83.1 Å². The Hall–Kier alpha value is -2.87. The van der Waals surface area contributed by atoms with Crippen molar-refractivity contribution in [2.75, 3.05) is 0 Å². The van der Waals surface area contributed by atoms with E-state index in [1.54, 1.807) is 24.4 Å². The molecule has 0 saturated heterocycles. The van der Waals surface area contributed by atoms with Crippen molar-refractivity contribution in [3.63, 3.8) is 0 Å². The molecule has 1 aromatic heterocycles. The zero-order chi connectivity index (χ0) is 14.7. The molecule has 0 bridgehead atoms. The minimum atomic E-state index is -1.24. The molecular weight excluding hydrogens is 256 g/mol. The maximum atomic E-state index is 12.0. The Morgan fingerprint density at radius 1 is 1.40 bits per heavy atom. The van der Waals surface area contributed by atoms with Crippen LogP contribution in [0.15, 0.2) is 41.3 Å². The van der Waals surface area contributed by atoms with Gasteiger partial charge in [-0.3, -0.25) is 4.79 Å². The predicted octanol–water partition coefficient (Wildman–Crippen LogP) is 1.77. The van der Waals surface area contributed by atoms with Gasteiger partial charge < -0.3 is 9.67 Å². The third-order valence-electron chi connectivity index (χ3n) is 3.06. The van der Waals surface area contributed by atoms with E-state index in [0.717, 1.165) is 11.1 Å². The average Bonchev–Trinajstić information content (AvgIpc) is 2.42. The quantitative estimate of drug-likeness (QED) is 0.919. The summed E-state index contributed by atoms with van der Waals surface area (Å²) in [4.78, 5) is 22.9. The van der Waals surface area contributed by atoms with E-state index in [4.69, 9.17) is 10.4 Å². The first-order valence-corrected chi connectivity index (χ1v) is 5.95. The molecular formula is C15H12N2O3. The lowest BCUT2D eigenvalue weighted by Gasteiger charge is -2.09. The third kappa shape index (κ3) is 2.59. The number of pyridine rings is 1. The molecule has 0 unspecified atom stereocenters. The highest BCUT2D eigenvalue weighted by atomic mass is 16.4. The number of benzene rings is 1. The summed E-state index contributed by atoms with van der Waals surface area (Å²) in [6, 6.07) is 10.0. The van der Waals surface area contributed by atoms with Gasteiger partial charge in [0.1, 0.15) is 5.56 Å². The molecule has 2 aromatic rings. The summed E-state index contributed by atoms with van der Waals surface area (Å²) in [5.41, 5.74) is 1.52. The van der Waals surface area contributed by atoms with Crippen LogP contribution >= 0.6 is 0 Å². The van der Waals surface area contributed by atoms with E-state index in [9.17, 15) is 9.59 Å². The molecule has 0 aliphatic heterocycles. The number of nitrogens with zero attached hydrogens (tertiary/aromatic N) is 2. The first kappa shape index (κ1) is 13.6. The van der Waals surface area contributed by atoms with Gasteiger partial charge in [-0.05, 0) is 42.3 Å². The van der Waals surface area contributed by atoms with Crippen LogP contribution in [0.4, 0.5) is 0 Å². The van der Waals surface area contributed by atoms with Crippen molar-refractivity contribution in [2.45, 2.75) is 13.5 Å². The molecule has 0 aliphatic rings. The van der Waals surface area contributed by atoms with Crippen molar-refractivity contribution in [3.8, 4) is 6.07 Å². The highest BCUT2D eigenvalue weighted by Gasteiger charge is 2.10. The van der Waals surface area contributed by atoms with Gasteiger partial charge in [-0.25, -0.2) is 4.79 Å². The van der Waals surface area contributed by atoms with Crippen molar-refractivity contribution in [3.05, 3.63) is 69.1 Å². The van der Waals surface area contributed by atoms with E-state index in [1.807, 2.05) is 13.0 Å². The van der Waals surface area contributed by atoms with Crippen molar-refractivity contribution < 1.29 is 9.90 Å². The van der Waals surface area contributed by atoms with Gasteiger partial charge in [0.25, 0.3) is 5.56 Å². The molecule has 0 saturated carbocycles. The molecule has 0 aliphatic carbocycles. The van der Waals surface area contributed by atoms with Crippen LogP contribution in [0.5, 0.6) is 0 Å². The van der Waals surface area contributed by atoms with Gasteiger partial charge in [0, 0.05) is 6.20 Å². The summed E-state index contributed by atoms with van der Waals surface area (Å²) in [6.45, 7) is 2.12. The molecule has 0 atom stereocenters. The number of nitriles is 1. The van der Waals surface area contributed by atoms with Crippen LogP contribution in [0.25, 0.3) is 0 Å². The van der Waals surface area contributed by atoms with Crippen LogP contribution in [0.3, 0.4) is 0 Å². The van der Waals surface area contributed by atoms with Crippen LogP contribution in [0, 0.1) is 18.3 Å². The van der Waals surface area contributed by atoms with E-state index < -0.39 is 11.5 Å². The molecule has 1 aromatic carbocycles. The van der Waals surface area contributed by atoms with Crippen molar-refractivity contribution in [1.29, 1.82) is 5.26 Å². The second-order valence-corrected chi connectivity index (χ2v) is 4.41. The molecule has 0 amide bonds. The first-order valence-electron chi connectivity index (χ1n) is 5.95. The normalized spacial score (nSPS) is 10.0. The molecule has 2 rings (SSSR count). The van der Waals surface area contributed by atoms with Gasteiger partial charge in [0.05, 0.1) is 18.2 Å². The summed E-state index contributed by atoms with van der Waals surface area (Å²) < 4.78 is 1.35. The summed E-state index contributed by atoms with van der Waals surface area (Å²) >= 11 is 0. The van der Waals surface area contributed by atoms with Gasteiger partial charge in [-0.15, -0.1) is 0 Å². The monoisotopic (exact) mass is 268 g/mol. The number of carbonyl (C=O) groups is 1. The third-order valence-corrected chi connectivity index (χ3v) is 3.06. The van der Waals surface area contributed by atoms with Crippen LogP contribution in [0.1, 0.15) is 27.0 Å². The SMILES string of the molecule is Cc1cc(C#N)ccc1Cn1cccc(C(=O)O)c1=O. The van der Waals surface area contributed by atoms with Gasteiger partial charge >= 0.3 is 5.97 Å². The standard InChI is InChI=1S/C15H12N2O3/c1-10-7-11(8-16)4-5-12(10)9-17-6-2-3-13(14(17)18)15(19)20/h2-7H,9H2,1H3,(H,19,20). The Morgan fingerprint density at radius 2 is 2.15 bits per heavy atom. The number of hydrogen-bond donors (Lipinski definition) is 1. The maximum Gasteiger partial charge on any atom is 0.341 e. The Balaban J connectivity index is 2.41. The van der Waals surface area contributed by atoms with E-state index in [1.165, 1.54) is 16.7 Å². The van der Waals surface area contributed by atoms with Gasteiger partial charge in [-0.1, -0.05) is 6.07 Å². The fourth-order valence-corrected chi connectivity index (χ4v) is 1.95. The average molecular weight is 268 g/mol.